The van der Waals surface area contributed by atoms with Gasteiger partial charge in [0, 0.05) is 52.7 Å². The summed E-state index contributed by atoms with van der Waals surface area (Å²) in [6, 6.07) is 15.9. The number of benzene rings is 2. The van der Waals surface area contributed by atoms with E-state index in [0.717, 1.165) is 10.8 Å². The molecule has 32 heavy (non-hydrogen) atoms. The van der Waals surface area contributed by atoms with Crippen molar-refractivity contribution < 1.29 is 9.59 Å². The van der Waals surface area contributed by atoms with Gasteiger partial charge < -0.3 is 5.32 Å². The lowest BCUT2D eigenvalue weighted by Gasteiger charge is -2.21. The lowest BCUT2D eigenvalue weighted by molar-refractivity contribution is -0.116. The van der Waals surface area contributed by atoms with Crippen LogP contribution in [0.15, 0.2) is 73.2 Å². The number of pyridine rings is 2. The number of rotatable bonds is 5. The largest absolute Gasteiger partial charge is 0.326 e. The molecule has 0 aliphatic heterocycles. The Morgan fingerprint density at radius 3 is 2.50 bits per heavy atom. The SMILES string of the molecule is CC(=O)N(c1ccc2cnccc2c1)c1cc(NC(=O)Cc2c(Cl)cccc2Cl)ccn1. The molecule has 2 aromatic heterocycles. The summed E-state index contributed by atoms with van der Waals surface area (Å²) in [5, 5.41) is 5.59. The molecule has 0 unspecified atom stereocenters. The highest BCUT2D eigenvalue weighted by atomic mass is 35.5. The van der Waals surface area contributed by atoms with Crippen LogP contribution < -0.4 is 10.2 Å². The Kier molecular flexibility index (Phi) is 6.35. The molecule has 0 radical (unpaired) electrons. The molecule has 2 aromatic carbocycles. The number of hydrogen-bond acceptors (Lipinski definition) is 4. The second kappa shape index (κ2) is 9.34. The van der Waals surface area contributed by atoms with Crippen molar-refractivity contribution >= 4 is 63.0 Å². The maximum Gasteiger partial charge on any atom is 0.229 e. The number of nitrogens with zero attached hydrogens (tertiary/aromatic N) is 3. The lowest BCUT2D eigenvalue weighted by atomic mass is 10.1. The average molecular weight is 465 g/mol. The number of nitrogens with one attached hydrogen (secondary N) is 1. The Hall–Kier alpha value is -3.48. The van der Waals surface area contributed by atoms with Gasteiger partial charge >= 0.3 is 0 Å². The Balaban J connectivity index is 1.60. The molecule has 0 atom stereocenters. The normalized spacial score (nSPS) is 10.7. The number of halogens is 2. The monoisotopic (exact) mass is 464 g/mol. The highest BCUT2D eigenvalue weighted by Crippen LogP contribution is 2.29. The number of hydrogen-bond donors (Lipinski definition) is 1. The van der Waals surface area contributed by atoms with Crippen molar-refractivity contribution in [3.05, 3.63) is 88.8 Å². The van der Waals surface area contributed by atoms with Crippen molar-refractivity contribution in [1.29, 1.82) is 0 Å². The van der Waals surface area contributed by atoms with Gasteiger partial charge in [-0.25, -0.2) is 4.98 Å². The molecule has 2 amide bonds. The van der Waals surface area contributed by atoms with E-state index >= 15 is 0 Å². The smallest absolute Gasteiger partial charge is 0.229 e. The molecule has 0 fully saturated rings. The van der Waals surface area contributed by atoms with E-state index in [0.29, 0.717) is 32.8 Å². The van der Waals surface area contributed by atoms with Crippen molar-refractivity contribution in [3.63, 3.8) is 0 Å². The van der Waals surface area contributed by atoms with Crippen LogP contribution in [-0.4, -0.2) is 21.8 Å². The number of anilines is 3. The van der Waals surface area contributed by atoms with Gasteiger partial charge in [-0.3, -0.25) is 19.5 Å². The van der Waals surface area contributed by atoms with Crippen LogP contribution in [0, 0.1) is 0 Å². The topological polar surface area (TPSA) is 75.2 Å². The van der Waals surface area contributed by atoms with Crippen molar-refractivity contribution in [2.24, 2.45) is 0 Å². The second-order valence-corrected chi connectivity index (χ2v) is 7.90. The lowest BCUT2D eigenvalue weighted by Crippen LogP contribution is -2.24. The van der Waals surface area contributed by atoms with E-state index in [4.69, 9.17) is 23.2 Å². The van der Waals surface area contributed by atoms with E-state index in [1.807, 2.05) is 24.3 Å². The van der Waals surface area contributed by atoms with Crippen LogP contribution in [-0.2, 0) is 16.0 Å². The highest BCUT2D eigenvalue weighted by Gasteiger charge is 2.17. The molecule has 0 aliphatic carbocycles. The van der Waals surface area contributed by atoms with Crippen LogP contribution in [0.2, 0.25) is 10.0 Å². The van der Waals surface area contributed by atoms with Crippen LogP contribution in [0.4, 0.5) is 17.2 Å². The van der Waals surface area contributed by atoms with Gasteiger partial charge in [0.15, 0.2) is 0 Å². The molecule has 2 heterocycles. The van der Waals surface area contributed by atoms with Crippen molar-refractivity contribution in [2.75, 3.05) is 10.2 Å². The van der Waals surface area contributed by atoms with Crippen molar-refractivity contribution in [1.82, 2.24) is 9.97 Å². The molecule has 0 spiro atoms. The summed E-state index contributed by atoms with van der Waals surface area (Å²) in [5.41, 5.74) is 1.72. The fraction of sp³-hybridized carbons (Fsp3) is 0.0833. The van der Waals surface area contributed by atoms with Gasteiger partial charge in [-0.15, -0.1) is 0 Å². The summed E-state index contributed by atoms with van der Waals surface area (Å²) in [6.07, 6.45) is 5.01. The summed E-state index contributed by atoms with van der Waals surface area (Å²) in [7, 11) is 0. The number of carbonyl (C=O) groups excluding carboxylic acids is 2. The van der Waals surface area contributed by atoms with Gasteiger partial charge in [0.25, 0.3) is 0 Å². The number of amides is 2. The van der Waals surface area contributed by atoms with Crippen LogP contribution >= 0.6 is 23.2 Å². The van der Waals surface area contributed by atoms with E-state index in [2.05, 4.69) is 15.3 Å². The van der Waals surface area contributed by atoms with Crippen LogP contribution in [0.5, 0.6) is 0 Å². The third-order valence-electron chi connectivity index (χ3n) is 4.85. The maximum absolute atomic E-state index is 12.6. The Morgan fingerprint density at radius 2 is 1.75 bits per heavy atom. The second-order valence-electron chi connectivity index (χ2n) is 7.09. The zero-order valence-corrected chi connectivity index (χ0v) is 18.6. The molecule has 8 heteroatoms. The molecule has 4 aromatic rings. The maximum atomic E-state index is 12.6. The first kappa shape index (κ1) is 21.7. The minimum atomic E-state index is -0.287. The van der Waals surface area contributed by atoms with E-state index in [-0.39, 0.29) is 18.2 Å². The summed E-state index contributed by atoms with van der Waals surface area (Å²) in [4.78, 5) is 35.0. The molecule has 1 N–H and O–H groups in total. The summed E-state index contributed by atoms with van der Waals surface area (Å²) in [6.45, 7) is 1.46. The average Bonchev–Trinajstić information content (AvgIpc) is 2.76. The van der Waals surface area contributed by atoms with Crippen LogP contribution in [0.3, 0.4) is 0 Å². The third kappa shape index (κ3) is 4.72. The summed E-state index contributed by atoms with van der Waals surface area (Å²) >= 11 is 12.3. The third-order valence-corrected chi connectivity index (χ3v) is 5.56. The summed E-state index contributed by atoms with van der Waals surface area (Å²) in [5.74, 6) is -0.110. The minimum absolute atomic E-state index is 0.0191. The van der Waals surface area contributed by atoms with Gasteiger partial charge in [-0.1, -0.05) is 35.3 Å². The van der Waals surface area contributed by atoms with Gasteiger partial charge in [-0.05, 0) is 47.3 Å². The zero-order valence-electron chi connectivity index (χ0n) is 17.0. The van der Waals surface area contributed by atoms with Gasteiger partial charge in [0.1, 0.15) is 5.82 Å². The van der Waals surface area contributed by atoms with Crippen LogP contribution in [0.25, 0.3) is 10.8 Å². The molecule has 0 bridgehead atoms. The quantitative estimate of drug-likeness (QED) is 0.404. The molecule has 0 saturated heterocycles. The minimum Gasteiger partial charge on any atom is -0.326 e. The predicted molar refractivity (Wildman–Crippen MR) is 128 cm³/mol. The van der Waals surface area contributed by atoms with Gasteiger partial charge in [-0.2, -0.15) is 0 Å². The number of fused-ring (bicyclic) bond motifs is 1. The molecule has 4 rings (SSSR count). The predicted octanol–water partition coefficient (Wildman–Crippen LogP) is 5.80. The highest BCUT2D eigenvalue weighted by molar-refractivity contribution is 6.36. The molecular formula is C24H18Cl2N4O2. The fourth-order valence-electron chi connectivity index (χ4n) is 3.37. The first-order valence-corrected chi connectivity index (χ1v) is 10.5. The number of aromatic nitrogens is 2. The van der Waals surface area contributed by atoms with Gasteiger partial charge in [0.2, 0.25) is 11.8 Å². The van der Waals surface area contributed by atoms with E-state index < -0.39 is 0 Å². The van der Waals surface area contributed by atoms with E-state index in [1.165, 1.54) is 18.0 Å². The Bertz CT molecular complexity index is 1310. The molecule has 6 nitrogen and oxygen atoms in total. The molecular weight excluding hydrogens is 447 g/mol. The van der Waals surface area contributed by atoms with Gasteiger partial charge in [0.05, 0.1) is 12.1 Å². The summed E-state index contributed by atoms with van der Waals surface area (Å²) < 4.78 is 0. The van der Waals surface area contributed by atoms with Crippen LogP contribution in [0.1, 0.15) is 12.5 Å². The zero-order chi connectivity index (χ0) is 22.7. The van der Waals surface area contributed by atoms with Crippen molar-refractivity contribution in [2.45, 2.75) is 13.3 Å². The van der Waals surface area contributed by atoms with E-state index in [1.54, 1.807) is 42.7 Å². The fourth-order valence-corrected chi connectivity index (χ4v) is 3.90. The first-order chi connectivity index (χ1) is 15.4. The molecule has 0 aliphatic rings. The van der Waals surface area contributed by atoms with Crippen molar-refractivity contribution in [3.8, 4) is 0 Å². The van der Waals surface area contributed by atoms with E-state index in [9.17, 15) is 9.59 Å². The Labute approximate surface area is 194 Å². The first-order valence-electron chi connectivity index (χ1n) is 9.75. The molecule has 0 saturated carbocycles. The Morgan fingerprint density at radius 1 is 0.969 bits per heavy atom. The standard InChI is InChI=1S/C24H18Cl2N4O2/c1-15(31)30(19-6-5-17-14-27-9-7-16(17)11-19)23-12-18(8-10-28-23)29-24(32)13-20-21(25)3-2-4-22(20)26/h2-12,14H,13H2,1H3,(H,28,29,32). The number of carbonyl (C=O) groups is 2. The molecule has 160 valence electrons.